The number of aryl methyl sites for hydroxylation is 1. The Morgan fingerprint density at radius 3 is 2.39 bits per heavy atom. The summed E-state index contributed by atoms with van der Waals surface area (Å²) in [4.78, 5) is 30.7. The van der Waals surface area contributed by atoms with Crippen molar-refractivity contribution in [3.8, 4) is 11.8 Å². The smallest absolute Gasteiger partial charge is 0.408 e. The van der Waals surface area contributed by atoms with E-state index >= 15 is 0 Å². The molecular weight excluding hydrogens is 570 g/mol. The van der Waals surface area contributed by atoms with E-state index in [1.165, 1.54) is 31.2 Å². The van der Waals surface area contributed by atoms with E-state index in [9.17, 15) is 9.59 Å². The van der Waals surface area contributed by atoms with Crippen LogP contribution in [0.2, 0.25) is 0 Å². The first kappa shape index (κ1) is 34.8. The van der Waals surface area contributed by atoms with E-state index < -0.39 is 6.09 Å². The molecule has 0 unspecified atom stereocenters. The van der Waals surface area contributed by atoms with Gasteiger partial charge in [-0.3, -0.25) is 4.79 Å². The van der Waals surface area contributed by atoms with Gasteiger partial charge in [-0.25, -0.2) is 4.79 Å². The molecule has 1 heterocycles. The maximum atomic E-state index is 14.1. The third-order valence-corrected chi connectivity index (χ3v) is 8.60. The van der Waals surface area contributed by atoms with Crippen LogP contribution in [0.1, 0.15) is 91.9 Å². The predicted molar refractivity (Wildman–Crippen MR) is 186 cm³/mol. The molecule has 0 aromatic heterocycles. The van der Waals surface area contributed by atoms with Gasteiger partial charge in [-0.15, -0.1) is 0 Å². The van der Waals surface area contributed by atoms with Gasteiger partial charge < -0.3 is 19.9 Å². The molecule has 4 rings (SSSR count). The molecule has 1 aliphatic rings. The Balaban J connectivity index is 1.39. The number of rotatable bonds is 14. The van der Waals surface area contributed by atoms with Crippen LogP contribution < -0.4 is 5.32 Å². The van der Waals surface area contributed by atoms with Gasteiger partial charge >= 0.3 is 6.09 Å². The monoisotopic (exact) mass is 621 g/mol. The van der Waals surface area contributed by atoms with E-state index in [4.69, 9.17) is 4.74 Å². The molecule has 0 spiro atoms. The number of amides is 2. The topological polar surface area (TPSA) is 61.9 Å². The average molecular weight is 622 g/mol. The molecule has 46 heavy (non-hydrogen) atoms. The molecule has 6 heteroatoms. The Labute approximate surface area is 276 Å². The molecule has 2 amide bonds. The average Bonchev–Trinajstić information content (AvgIpc) is 3.08. The molecule has 0 saturated carbocycles. The van der Waals surface area contributed by atoms with Crippen LogP contribution in [-0.4, -0.2) is 54.0 Å². The van der Waals surface area contributed by atoms with Crippen molar-refractivity contribution in [3.63, 3.8) is 0 Å². The first-order valence-electron chi connectivity index (χ1n) is 17.1. The van der Waals surface area contributed by atoms with Crippen LogP contribution in [0, 0.1) is 17.8 Å². The summed E-state index contributed by atoms with van der Waals surface area (Å²) in [5.41, 5.74) is 4.88. The number of ether oxygens (including phenoxy) is 1. The van der Waals surface area contributed by atoms with E-state index in [2.05, 4.69) is 72.0 Å². The second-order valence-corrected chi connectivity index (χ2v) is 12.8. The van der Waals surface area contributed by atoms with Gasteiger partial charge in [0.1, 0.15) is 6.61 Å². The van der Waals surface area contributed by atoms with Gasteiger partial charge in [0.15, 0.2) is 0 Å². The highest BCUT2D eigenvalue weighted by atomic mass is 16.5. The third-order valence-electron chi connectivity index (χ3n) is 8.60. The molecule has 0 aliphatic carbocycles. The lowest BCUT2D eigenvalue weighted by atomic mass is 9.99. The van der Waals surface area contributed by atoms with E-state index in [-0.39, 0.29) is 25.1 Å². The summed E-state index contributed by atoms with van der Waals surface area (Å²) < 4.78 is 5.26. The number of piperidine rings is 1. The minimum absolute atomic E-state index is 0.0930. The van der Waals surface area contributed by atoms with Gasteiger partial charge in [-0.05, 0) is 85.5 Å². The summed E-state index contributed by atoms with van der Waals surface area (Å²) in [7, 11) is 0. The lowest BCUT2D eigenvalue weighted by molar-refractivity contribution is 0.0546. The van der Waals surface area contributed by atoms with Gasteiger partial charge in [0, 0.05) is 36.8 Å². The number of unbranched alkanes of at least 4 members (excludes halogenated alkanes) is 2. The normalized spacial score (nSPS) is 13.6. The molecule has 6 nitrogen and oxygen atoms in total. The van der Waals surface area contributed by atoms with Crippen LogP contribution >= 0.6 is 0 Å². The minimum Gasteiger partial charge on any atom is -0.445 e. The Morgan fingerprint density at radius 2 is 1.67 bits per heavy atom. The zero-order chi connectivity index (χ0) is 32.6. The summed E-state index contributed by atoms with van der Waals surface area (Å²) in [6.07, 6.45) is 7.33. The second kappa shape index (κ2) is 18.8. The molecule has 0 bridgehead atoms. The standard InChI is InChI=1S/C40H51N3O3/c1-4-5-7-12-33-18-20-37(21-19-33)39(44)43(38-23-27-42(28-24-38)26-22-32(2)3)30-36-16-10-15-34(29-36)17-11-25-41-40(45)46-31-35-13-8-6-9-14-35/h6,8-10,13-16,18-21,29,32,38H,4-5,7,12,22-28,30-31H2,1-3H3,(H,41,45). The van der Waals surface area contributed by atoms with E-state index in [1.807, 2.05) is 54.6 Å². The molecule has 1 N–H and O–H groups in total. The van der Waals surface area contributed by atoms with Crippen LogP contribution in [0.25, 0.3) is 0 Å². The van der Waals surface area contributed by atoms with Crippen molar-refractivity contribution in [2.45, 2.75) is 84.9 Å². The minimum atomic E-state index is -0.495. The van der Waals surface area contributed by atoms with Crippen molar-refractivity contribution in [1.82, 2.24) is 15.1 Å². The number of alkyl carbamates (subject to hydrolysis) is 1. The van der Waals surface area contributed by atoms with Crippen LogP contribution in [0.3, 0.4) is 0 Å². The summed E-state index contributed by atoms with van der Waals surface area (Å²) in [6.45, 7) is 10.9. The van der Waals surface area contributed by atoms with E-state index in [0.29, 0.717) is 12.5 Å². The van der Waals surface area contributed by atoms with Gasteiger partial charge in [-0.2, -0.15) is 0 Å². The zero-order valence-electron chi connectivity index (χ0n) is 28.0. The highest BCUT2D eigenvalue weighted by Crippen LogP contribution is 2.23. The van der Waals surface area contributed by atoms with Crippen molar-refractivity contribution in [3.05, 3.63) is 107 Å². The van der Waals surface area contributed by atoms with Gasteiger partial charge in [0.05, 0.1) is 6.54 Å². The molecule has 244 valence electrons. The Morgan fingerprint density at radius 1 is 0.935 bits per heavy atom. The summed E-state index contributed by atoms with van der Waals surface area (Å²) in [6, 6.07) is 26.1. The summed E-state index contributed by atoms with van der Waals surface area (Å²) in [5.74, 6) is 6.96. The van der Waals surface area contributed by atoms with Crippen molar-refractivity contribution >= 4 is 12.0 Å². The number of carbonyl (C=O) groups is 2. The quantitative estimate of drug-likeness (QED) is 0.147. The summed E-state index contributed by atoms with van der Waals surface area (Å²) in [5, 5.41) is 2.69. The van der Waals surface area contributed by atoms with Crippen molar-refractivity contribution in [1.29, 1.82) is 0 Å². The Hall–Kier alpha value is -4.08. The molecule has 3 aromatic rings. The van der Waals surface area contributed by atoms with Gasteiger partial charge in [0.25, 0.3) is 5.91 Å². The second-order valence-electron chi connectivity index (χ2n) is 12.8. The van der Waals surface area contributed by atoms with E-state index in [1.54, 1.807) is 0 Å². The fourth-order valence-electron chi connectivity index (χ4n) is 5.80. The Bertz CT molecular complexity index is 1420. The number of hydrogen-bond acceptors (Lipinski definition) is 4. The SMILES string of the molecule is CCCCCc1ccc(C(=O)N(Cc2cccc(C#CCNC(=O)OCc3ccccc3)c2)C2CCN(CCC(C)C)CC2)cc1. The van der Waals surface area contributed by atoms with Gasteiger partial charge in [0.2, 0.25) is 0 Å². The largest absolute Gasteiger partial charge is 0.445 e. The highest BCUT2D eigenvalue weighted by Gasteiger charge is 2.29. The third kappa shape index (κ3) is 11.7. The molecule has 1 aliphatic heterocycles. The van der Waals surface area contributed by atoms with Crippen molar-refractivity contribution in [2.24, 2.45) is 5.92 Å². The Kier molecular flexibility index (Phi) is 14.2. The molecule has 1 saturated heterocycles. The van der Waals surface area contributed by atoms with Crippen LogP contribution in [0.15, 0.2) is 78.9 Å². The van der Waals surface area contributed by atoms with Gasteiger partial charge in [-0.1, -0.05) is 100 Å². The molecular formula is C40H51N3O3. The lowest BCUT2D eigenvalue weighted by Gasteiger charge is -2.39. The first-order valence-corrected chi connectivity index (χ1v) is 17.1. The number of nitrogens with one attached hydrogen (secondary N) is 1. The van der Waals surface area contributed by atoms with Crippen LogP contribution in [0.4, 0.5) is 4.79 Å². The molecule has 0 atom stereocenters. The molecule has 0 radical (unpaired) electrons. The fourth-order valence-corrected chi connectivity index (χ4v) is 5.80. The van der Waals surface area contributed by atoms with Crippen molar-refractivity contribution < 1.29 is 14.3 Å². The number of carbonyl (C=O) groups excluding carboxylic acids is 2. The lowest BCUT2D eigenvalue weighted by Crippen LogP contribution is -2.47. The molecule has 1 fully saturated rings. The maximum Gasteiger partial charge on any atom is 0.408 e. The zero-order valence-corrected chi connectivity index (χ0v) is 28.0. The van der Waals surface area contributed by atoms with Crippen LogP contribution in [-0.2, 0) is 24.3 Å². The maximum absolute atomic E-state index is 14.1. The molecule has 3 aromatic carbocycles. The van der Waals surface area contributed by atoms with E-state index in [0.717, 1.165) is 61.2 Å². The fraction of sp³-hybridized carbons (Fsp3) is 0.450. The van der Waals surface area contributed by atoms with Crippen LogP contribution in [0.5, 0.6) is 0 Å². The number of likely N-dealkylation sites (tertiary alicyclic amines) is 1. The predicted octanol–water partition coefficient (Wildman–Crippen LogP) is 7.85. The number of benzene rings is 3. The van der Waals surface area contributed by atoms with Crippen molar-refractivity contribution in [2.75, 3.05) is 26.2 Å². The first-order chi connectivity index (χ1) is 22.4. The number of hydrogen-bond donors (Lipinski definition) is 1. The number of nitrogens with zero attached hydrogens (tertiary/aromatic N) is 2. The summed E-state index contributed by atoms with van der Waals surface area (Å²) >= 11 is 0. The highest BCUT2D eigenvalue weighted by molar-refractivity contribution is 5.94.